The Morgan fingerprint density at radius 1 is 1.43 bits per heavy atom. The fourth-order valence-corrected chi connectivity index (χ4v) is 4.55. The Morgan fingerprint density at radius 2 is 2.29 bits per heavy atom. The quantitative estimate of drug-likeness (QED) is 0.855. The molecule has 112 valence electrons. The second-order valence-corrected chi connectivity index (χ2v) is 7.34. The van der Waals surface area contributed by atoms with Gasteiger partial charge in [-0.1, -0.05) is 36.7 Å². The Bertz CT molecular complexity index is 594. The van der Waals surface area contributed by atoms with Crippen molar-refractivity contribution < 1.29 is 5.11 Å². The van der Waals surface area contributed by atoms with Crippen LogP contribution in [0, 0.1) is 0 Å². The molecule has 1 aliphatic carbocycles. The molecular weight excluding hydrogens is 302 g/mol. The van der Waals surface area contributed by atoms with Crippen LogP contribution >= 0.6 is 23.1 Å². The maximum absolute atomic E-state index is 10.1. The second-order valence-electron chi connectivity index (χ2n) is 5.19. The number of thioether (sulfide) groups is 1. The predicted molar refractivity (Wildman–Crippen MR) is 87.7 cm³/mol. The molecule has 0 radical (unpaired) electrons. The lowest BCUT2D eigenvalue weighted by Crippen LogP contribution is -2.27. The van der Waals surface area contributed by atoms with Crippen molar-refractivity contribution in [3.8, 4) is 10.7 Å². The van der Waals surface area contributed by atoms with E-state index in [1.165, 1.54) is 6.42 Å². The third-order valence-electron chi connectivity index (χ3n) is 3.69. The lowest BCUT2D eigenvalue weighted by molar-refractivity contribution is 0.137. The first-order valence-corrected chi connectivity index (χ1v) is 8.98. The van der Waals surface area contributed by atoms with Crippen LogP contribution in [0.1, 0.15) is 25.7 Å². The molecule has 4 nitrogen and oxygen atoms in total. The number of thiophene rings is 1. The molecule has 0 aliphatic heterocycles. The zero-order valence-corrected chi connectivity index (χ0v) is 13.4. The van der Waals surface area contributed by atoms with Gasteiger partial charge in [-0.3, -0.25) is 4.57 Å². The molecule has 0 aromatic carbocycles. The van der Waals surface area contributed by atoms with Crippen LogP contribution in [0.4, 0.5) is 0 Å². The van der Waals surface area contributed by atoms with E-state index in [0.717, 1.165) is 35.1 Å². The monoisotopic (exact) mass is 321 g/mol. The summed E-state index contributed by atoms with van der Waals surface area (Å²) in [5.74, 6) is 0.887. The number of aromatic nitrogens is 3. The van der Waals surface area contributed by atoms with Gasteiger partial charge in [0.2, 0.25) is 0 Å². The van der Waals surface area contributed by atoms with E-state index in [1.54, 1.807) is 23.1 Å². The standard InChI is InChI=1S/C15H19N3OS2/c1-2-9-18-14(13-8-5-10-20-13)16-17-15(18)21-12-7-4-3-6-11(12)19/h2,5,8,10-12,19H,1,3-4,6-7,9H2. The van der Waals surface area contributed by atoms with Gasteiger partial charge in [-0.05, 0) is 24.3 Å². The smallest absolute Gasteiger partial charge is 0.192 e. The van der Waals surface area contributed by atoms with Crippen molar-refractivity contribution in [1.29, 1.82) is 0 Å². The Hall–Kier alpha value is -1.11. The van der Waals surface area contributed by atoms with Crippen LogP contribution in [0.2, 0.25) is 0 Å². The van der Waals surface area contributed by atoms with Crippen LogP contribution in [-0.2, 0) is 6.54 Å². The molecule has 6 heteroatoms. The molecule has 0 bridgehead atoms. The van der Waals surface area contributed by atoms with Gasteiger partial charge in [0.05, 0.1) is 11.0 Å². The molecule has 2 unspecified atom stereocenters. The van der Waals surface area contributed by atoms with Crippen LogP contribution in [-0.4, -0.2) is 31.2 Å². The normalized spacial score (nSPS) is 22.3. The number of allylic oxidation sites excluding steroid dienone is 1. The van der Waals surface area contributed by atoms with Crippen LogP contribution in [0.15, 0.2) is 35.3 Å². The van der Waals surface area contributed by atoms with E-state index in [4.69, 9.17) is 0 Å². The minimum absolute atomic E-state index is 0.225. The summed E-state index contributed by atoms with van der Waals surface area (Å²) in [6.07, 6.45) is 5.87. The topological polar surface area (TPSA) is 50.9 Å². The van der Waals surface area contributed by atoms with Crippen molar-refractivity contribution >= 4 is 23.1 Å². The first-order chi connectivity index (χ1) is 10.3. The molecule has 1 aliphatic rings. The molecule has 2 aromatic heterocycles. The van der Waals surface area contributed by atoms with Crippen molar-refractivity contribution in [2.75, 3.05) is 0 Å². The summed E-state index contributed by atoms with van der Waals surface area (Å²) in [6, 6.07) is 4.07. The van der Waals surface area contributed by atoms with E-state index in [9.17, 15) is 5.11 Å². The summed E-state index contributed by atoms with van der Waals surface area (Å²) >= 11 is 3.31. The van der Waals surface area contributed by atoms with E-state index >= 15 is 0 Å². The lowest BCUT2D eigenvalue weighted by Gasteiger charge is -2.26. The highest BCUT2D eigenvalue weighted by atomic mass is 32.2. The number of aliphatic hydroxyl groups is 1. The van der Waals surface area contributed by atoms with Gasteiger partial charge in [0, 0.05) is 11.8 Å². The second kappa shape index (κ2) is 6.77. The first kappa shape index (κ1) is 14.8. The van der Waals surface area contributed by atoms with Crippen molar-refractivity contribution in [2.24, 2.45) is 0 Å². The number of hydrogen-bond acceptors (Lipinski definition) is 5. The zero-order valence-electron chi connectivity index (χ0n) is 11.8. The molecule has 21 heavy (non-hydrogen) atoms. The SMILES string of the molecule is C=CCn1c(SC2CCCCC2O)nnc1-c1cccs1. The zero-order chi connectivity index (χ0) is 14.7. The van der Waals surface area contributed by atoms with Crippen molar-refractivity contribution in [3.05, 3.63) is 30.2 Å². The molecule has 0 saturated heterocycles. The van der Waals surface area contributed by atoms with Gasteiger partial charge in [0.25, 0.3) is 0 Å². The summed E-state index contributed by atoms with van der Waals surface area (Å²) in [5, 5.41) is 22.0. The van der Waals surface area contributed by atoms with Crippen LogP contribution < -0.4 is 0 Å². The molecule has 1 N–H and O–H groups in total. The van der Waals surface area contributed by atoms with E-state index in [2.05, 4.69) is 27.4 Å². The van der Waals surface area contributed by atoms with E-state index in [1.807, 2.05) is 17.5 Å². The van der Waals surface area contributed by atoms with Crippen LogP contribution in [0.5, 0.6) is 0 Å². The Balaban J connectivity index is 1.86. The molecule has 1 fully saturated rings. The highest BCUT2D eigenvalue weighted by Gasteiger charge is 2.26. The molecule has 2 heterocycles. The maximum Gasteiger partial charge on any atom is 0.192 e. The lowest BCUT2D eigenvalue weighted by atomic mass is 9.97. The number of aliphatic hydroxyl groups excluding tert-OH is 1. The molecule has 0 spiro atoms. The van der Waals surface area contributed by atoms with Crippen LogP contribution in [0.25, 0.3) is 10.7 Å². The van der Waals surface area contributed by atoms with Gasteiger partial charge in [0.1, 0.15) is 0 Å². The summed E-state index contributed by atoms with van der Waals surface area (Å²) in [6.45, 7) is 4.52. The Morgan fingerprint density at radius 3 is 3.00 bits per heavy atom. The highest BCUT2D eigenvalue weighted by Crippen LogP contribution is 2.35. The average Bonchev–Trinajstić information content (AvgIpc) is 3.12. The summed E-state index contributed by atoms with van der Waals surface area (Å²) in [5.41, 5.74) is 0. The molecule has 0 amide bonds. The molecular formula is C15H19N3OS2. The van der Waals surface area contributed by atoms with Crippen LogP contribution in [0.3, 0.4) is 0 Å². The number of rotatable bonds is 5. The fourth-order valence-electron chi connectivity index (χ4n) is 2.61. The van der Waals surface area contributed by atoms with Gasteiger partial charge in [0.15, 0.2) is 11.0 Å². The van der Waals surface area contributed by atoms with Crippen molar-refractivity contribution in [1.82, 2.24) is 14.8 Å². The Labute approximate surface area is 132 Å². The largest absolute Gasteiger partial charge is 0.392 e. The molecule has 2 atom stereocenters. The van der Waals surface area contributed by atoms with E-state index in [0.29, 0.717) is 6.54 Å². The fraction of sp³-hybridized carbons (Fsp3) is 0.467. The number of nitrogens with zero attached hydrogens (tertiary/aromatic N) is 3. The highest BCUT2D eigenvalue weighted by molar-refractivity contribution is 7.99. The molecule has 2 aromatic rings. The average molecular weight is 321 g/mol. The molecule has 3 rings (SSSR count). The van der Waals surface area contributed by atoms with Gasteiger partial charge < -0.3 is 5.11 Å². The minimum Gasteiger partial charge on any atom is -0.392 e. The van der Waals surface area contributed by atoms with Crippen molar-refractivity contribution in [3.63, 3.8) is 0 Å². The summed E-state index contributed by atoms with van der Waals surface area (Å²) in [7, 11) is 0. The van der Waals surface area contributed by atoms with Gasteiger partial charge in [-0.2, -0.15) is 0 Å². The number of hydrogen-bond donors (Lipinski definition) is 1. The van der Waals surface area contributed by atoms with Gasteiger partial charge in [-0.15, -0.1) is 28.1 Å². The summed E-state index contributed by atoms with van der Waals surface area (Å²) in [4.78, 5) is 1.11. The van der Waals surface area contributed by atoms with Gasteiger partial charge >= 0.3 is 0 Å². The van der Waals surface area contributed by atoms with Gasteiger partial charge in [-0.25, -0.2) is 0 Å². The maximum atomic E-state index is 10.1. The van der Waals surface area contributed by atoms with E-state index < -0.39 is 0 Å². The summed E-state index contributed by atoms with van der Waals surface area (Å²) < 4.78 is 2.09. The predicted octanol–water partition coefficient (Wildman–Crippen LogP) is 3.59. The van der Waals surface area contributed by atoms with E-state index in [-0.39, 0.29) is 11.4 Å². The third-order valence-corrected chi connectivity index (χ3v) is 5.93. The third kappa shape index (κ3) is 3.22. The van der Waals surface area contributed by atoms with Crippen molar-refractivity contribution in [2.45, 2.75) is 48.7 Å². The molecule has 1 saturated carbocycles. The Kier molecular flexibility index (Phi) is 4.77. The minimum atomic E-state index is -0.234. The first-order valence-electron chi connectivity index (χ1n) is 7.22.